The Morgan fingerprint density at radius 2 is 1.75 bits per heavy atom. The topological polar surface area (TPSA) is 75.6 Å². The molecule has 0 fully saturated rings. The van der Waals surface area contributed by atoms with Crippen molar-refractivity contribution in [2.75, 3.05) is 0 Å². The first kappa shape index (κ1) is 16.2. The third kappa shape index (κ3) is 5.01. The van der Waals surface area contributed by atoms with E-state index in [1.807, 2.05) is 6.07 Å². The van der Waals surface area contributed by atoms with Gasteiger partial charge in [0.15, 0.2) is 5.78 Å². The first-order valence-corrected chi connectivity index (χ1v) is 6.43. The van der Waals surface area contributed by atoms with Crippen molar-refractivity contribution < 1.29 is 19.4 Å². The van der Waals surface area contributed by atoms with E-state index in [-0.39, 0.29) is 0 Å². The molecule has 1 aromatic rings. The van der Waals surface area contributed by atoms with Crippen LogP contribution in [0.3, 0.4) is 0 Å². The zero-order chi connectivity index (χ0) is 15.3. The van der Waals surface area contributed by atoms with Gasteiger partial charge in [-0.25, -0.2) is 4.79 Å². The van der Waals surface area contributed by atoms with Crippen molar-refractivity contribution in [1.29, 1.82) is 0 Å². The van der Waals surface area contributed by atoms with Gasteiger partial charge >= 0.3 is 6.09 Å². The molecule has 0 bridgehead atoms. The molecule has 0 spiro atoms. The summed E-state index contributed by atoms with van der Waals surface area (Å²) in [7, 11) is 0. The van der Waals surface area contributed by atoms with E-state index >= 15 is 0 Å². The van der Waals surface area contributed by atoms with Crippen molar-refractivity contribution in [3.05, 3.63) is 35.9 Å². The minimum absolute atomic E-state index is 0.421. The minimum atomic E-state index is -1.31. The fourth-order valence-corrected chi connectivity index (χ4v) is 1.67. The van der Waals surface area contributed by atoms with E-state index in [1.165, 1.54) is 6.92 Å². The van der Waals surface area contributed by atoms with Gasteiger partial charge in [-0.15, -0.1) is 0 Å². The van der Waals surface area contributed by atoms with Gasteiger partial charge in [0, 0.05) is 0 Å². The van der Waals surface area contributed by atoms with Gasteiger partial charge < -0.3 is 15.2 Å². The molecular formula is C15H21NO4. The summed E-state index contributed by atoms with van der Waals surface area (Å²) in [6, 6.07) is 7.98. The number of alkyl carbamates (subject to hydrolysis) is 1. The second-order valence-corrected chi connectivity index (χ2v) is 5.59. The zero-order valence-corrected chi connectivity index (χ0v) is 12.2. The molecule has 1 amide bonds. The summed E-state index contributed by atoms with van der Waals surface area (Å²) in [4.78, 5) is 23.2. The van der Waals surface area contributed by atoms with Crippen LogP contribution < -0.4 is 5.32 Å². The number of aliphatic hydroxyl groups excluding tert-OH is 1. The van der Waals surface area contributed by atoms with Crippen LogP contribution in [0.5, 0.6) is 0 Å². The highest BCUT2D eigenvalue weighted by atomic mass is 16.6. The summed E-state index contributed by atoms with van der Waals surface area (Å²) in [5.74, 6) is -0.421. The monoisotopic (exact) mass is 279 g/mol. The first-order chi connectivity index (χ1) is 9.20. The number of carbonyl (C=O) groups is 2. The number of ether oxygens (including phenoxy) is 1. The Balaban J connectivity index is 2.90. The molecule has 0 aliphatic carbocycles. The Kier molecular flexibility index (Phi) is 5.27. The van der Waals surface area contributed by atoms with Crippen molar-refractivity contribution >= 4 is 11.9 Å². The van der Waals surface area contributed by atoms with Gasteiger partial charge in [-0.2, -0.15) is 0 Å². The van der Waals surface area contributed by atoms with Crippen LogP contribution in [-0.4, -0.2) is 28.7 Å². The van der Waals surface area contributed by atoms with Crippen molar-refractivity contribution in [2.24, 2.45) is 0 Å². The maximum Gasteiger partial charge on any atom is 0.408 e. The number of nitrogens with one attached hydrogen (secondary N) is 1. The summed E-state index contributed by atoms with van der Waals surface area (Å²) in [5.41, 5.74) is -0.00646. The summed E-state index contributed by atoms with van der Waals surface area (Å²) in [6.07, 6.45) is -1.99. The summed E-state index contributed by atoms with van der Waals surface area (Å²) in [6.45, 7) is 6.50. The molecule has 2 N–H and O–H groups in total. The Morgan fingerprint density at radius 3 is 2.20 bits per heavy atom. The SMILES string of the molecule is CC(=O)C(O)C(NC(=O)OC(C)(C)C)c1ccccc1. The lowest BCUT2D eigenvalue weighted by atomic mass is 9.99. The van der Waals surface area contributed by atoms with Crippen LogP contribution in [-0.2, 0) is 9.53 Å². The number of amides is 1. The van der Waals surface area contributed by atoms with Gasteiger partial charge in [0.25, 0.3) is 0 Å². The van der Waals surface area contributed by atoms with Gasteiger partial charge in [-0.1, -0.05) is 30.3 Å². The molecule has 1 rings (SSSR count). The Hall–Kier alpha value is -1.88. The number of hydrogen-bond donors (Lipinski definition) is 2. The fraction of sp³-hybridized carbons (Fsp3) is 0.467. The molecule has 0 heterocycles. The van der Waals surface area contributed by atoms with E-state index < -0.39 is 29.6 Å². The summed E-state index contributed by atoms with van der Waals surface area (Å²) in [5, 5.41) is 12.5. The van der Waals surface area contributed by atoms with Gasteiger partial charge in [-0.3, -0.25) is 4.79 Å². The van der Waals surface area contributed by atoms with Gasteiger partial charge in [0.2, 0.25) is 0 Å². The number of Topliss-reactive ketones (excluding diaryl/α,β-unsaturated/α-hetero) is 1. The Bertz CT molecular complexity index is 465. The highest BCUT2D eigenvalue weighted by molar-refractivity contribution is 5.82. The Morgan fingerprint density at radius 1 is 1.20 bits per heavy atom. The van der Waals surface area contributed by atoms with Gasteiger partial charge in [0.05, 0.1) is 6.04 Å². The van der Waals surface area contributed by atoms with Crippen molar-refractivity contribution in [2.45, 2.75) is 45.4 Å². The number of hydrogen-bond acceptors (Lipinski definition) is 4. The maximum absolute atomic E-state index is 11.8. The quantitative estimate of drug-likeness (QED) is 0.886. The lowest BCUT2D eigenvalue weighted by Crippen LogP contribution is -2.42. The van der Waals surface area contributed by atoms with Crippen molar-refractivity contribution in [3.8, 4) is 0 Å². The highest BCUT2D eigenvalue weighted by Crippen LogP contribution is 2.18. The lowest BCUT2D eigenvalue weighted by molar-refractivity contribution is -0.126. The molecule has 0 saturated carbocycles. The first-order valence-electron chi connectivity index (χ1n) is 6.43. The predicted octanol–water partition coefficient (Wildman–Crippen LogP) is 2.20. The summed E-state index contributed by atoms with van der Waals surface area (Å²) >= 11 is 0. The van der Waals surface area contributed by atoms with E-state index in [9.17, 15) is 14.7 Å². The molecule has 5 nitrogen and oxygen atoms in total. The third-order valence-corrected chi connectivity index (χ3v) is 2.56. The molecule has 2 atom stereocenters. The molecule has 20 heavy (non-hydrogen) atoms. The van der Waals surface area contributed by atoms with E-state index in [1.54, 1.807) is 45.0 Å². The smallest absolute Gasteiger partial charge is 0.408 e. The number of rotatable bonds is 4. The summed E-state index contributed by atoms with van der Waals surface area (Å²) < 4.78 is 5.15. The lowest BCUT2D eigenvalue weighted by Gasteiger charge is -2.26. The highest BCUT2D eigenvalue weighted by Gasteiger charge is 2.28. The van der Waals surface area contributed by atoms with Crippen LogP contribution in [0.2, 0.25) is 0 Å². The number of benzene rings is 1. The van der Waals surface area contributed by atoms with Crippen molar-refractivity contribution in [3.63, 3.8) is 0 Å². The van der Waals surface area contributed by atoms with Crippen LogP contribution in [0.4, 0.5) is 4.79 Å². The second-order valence-electron chi connectivity index (χ2n) is 5.59. The second kappa shape index (κ2) is 6.52. The minimum Gasteiger partial charge on any atom is -0.444 e. The molecule has 0 aliphatic rings. The molecule has 0 radical (unpaired) electrons. The van der Waals surface area contributed by atoms with Gasteiger partial charge in [0.1, 0.15) is 11.7 Å². The molecule has 110 valence electrons. The molecule has 0 aromatic heterocycles. The predicted molar refractivity (Wildman–Crippen MR) is 75.2 cm³/mol. The molecule has 0 aliphatic heterocycles. The molecule has 1 aromatic carbocycles. The number of ketones is 1. The van der Waals surface area contributed by atoms with Crippen molar-refractivity contribution in [1.82, 2.24) is 5.32 Å². The Labute approximate surface area is 118 Å². The molecule has 5 heteroatoms. The van der Waals surface area contributed by atoms with Crippen LogP contribution in [0.1, 0.15) is 39.3 Å². The van der Waals surface area contributed by atoms with Gasteiger partial charge in [-0.05, 0) is 33.3 Å². The van der Waals surface area contributed by atoms with Crippen LogP contribution in [0.25, 0.3) is 0 Å². The third-order valence-electron chi connectivity index (χ3n) is 2.56. The van der Waals surface area contributed by atoms with Crippen LogP contribution >= 0.6 is 0 Å². The van der Waals surface area contributed by atoms with E-state index in [0.717, 1.165) is 0 Å². The molecule has 2 unspecified atom stereocenters. The largest absolute Gasteiger partial charge is 0.444 e. The standard InChI is InChI=1S/C15H21NO4/c1-10(17)13(18)12(11-8-6-5-7-9-11)16-14(19)20-15(2,3)4/h5-9,12-13,18H,1-4H3,(H,16,19). The van der Waals surface area contributed by atoms with Crippen LogP contribution in [0.15, 0.2) is 30.3 Å². The normalized spacial score (nSPS) is 14.2. The van der Waals surface area contributed by atoms with Crippen LogP contribution in [0, 0.1) is 0 Å². The number of carbonyl (C=O) groups excluding carboxylic acids is 2. The average Bonchev–Trinajstić information content (AvgIpc) is 2.34. The zero-order valence-electron chi connectivity index (χ0n) is 12.2. The molecule has 0 saturated heterocycles. The van der Waals surface area contributed by atoms with E-state index in [4.69, 9.17) is 4.74 Å². The van der Waals surface area contributed by atoms with E-state index in [2.05, 4.69) is 5.32 Å². The molecular weight excluding hydrogens is 258 g/mol. The fourth-order valence-electron chi connectivity index (χ4n) is 1.67. The van der Waals surface area contributed by atoms with E-state index in [0.29, 0.717) is 5.56 Å². The number of aliphatic hydroxyl groups is 1. The average molecular weight is 279 g/mol. The maximum atomic E-state index is 11.8.